The maximum Gasteiger partial charge on any atom is 0.243 e. The van der Waals surface area contributed by atoms with Gasteiger partial charge >= 0.3 is 0 Å². The lowest BCUT2D eigenvalue weighted by molar-refractivity contribution is -0.130. The molecule has 2 atom stereocenters. The third-order valence-corrected chi connectivity index (χ3v) is 5.29. The molecule has 1 aliphatic heterocycles. The lowest BCUT2D eigenvalue weighted by Gasteiger charge is -2.29. The van der Waals surface area contributed by atoms with Gasteiger partial charge in [-0.1, -0.05) is 60.1 Å². The second-order valence-corrected chi connectivity index (χ2v) is 8.25. The van der Waals surface area contributed by atoms with E-state index >= 15 is 0 Å². The van der Waals surface area contributed by atoms with Crippen molar-refractivity contribution in [2.24, 2.45) is 5.92 Å². The van der Waals surface area contributed by atoms with Crippen molar-refractivity contribution in [2.45, 2.75) is 38.8 Å². The van der Waals surface area contributed by atoms with E-state index in [2.05, 4.69) is 26.6 Å². The Morgan fingerprint density at radius 3 is 2.64 bits per heavy atom. The number of ether oxygens (including phenoxy) is 1. The molecule has 0 spiro atoms. The highest BCUT2D eigenvalue weighted by atomic mass is 79.9. The Labute approximate surface area is 174 Å². The molecule has 0 aromatic heterocycles. The van der Waals surface area contributed by atoms with E-state index in [-0.39, 0.29) is 30.2 Å². The van der Waals surface area contributed by atoms with Gasteiger partial charge in [-0.25, -0.2) is 0 Å². The minimum absolute atomic E-state index is 0.0263. The lowest BCUT2D eigenvalue weighted by atomic mass is 9.98. The number of hydrogen-bond acceptors (Lipinski definition) is 3. The third kappa shape index (κ3) is 5.13. The van der Waals surface area contributed by atoms with Crippen molar-refractivity contribution in [2.75, 3.05) is 6.61 Å². The maximum atomic E-state index is 13.0. The molecule has 0 aliphatic carbocycles. The first-order valence-electron chi connectivity index (χ1n) is 9.50. The molecule has 0 saturated carbocycles. The average Bonchev–Trinajstić information content (AvgIpc) is 2.67. The number of halogens is 1. The van der Waals surface area contributed by atoms with Gasteiger partial charge in [0.1, 0.15) is 11.8 Å². The average molecular weight is 445 g/mol. The molecular weight excluding hydrogens is 420 g/mol. The molecule has 2 amide bonds. The smallest absolute Gasteiger partial charge is 0.243 e. The van der Waals surface area contributed by atoms with Gasteiger partial charge in [-0.05, 0) is 29.7 Å². The van der Waals surface area contributed by atoms with Crippen LogP contribution in [0.2, 0.25) is 0 Å². The normalized spacial score (nSPS) is 16.6. The van der Waals surface area contributed by atoms with Crippen molar-refractivity contribution in [3.05, 3.63) is 64.1 Å². The van der Waals surface area contributed by atoms with Crippen LogP contribution in [0.15, 0.2) is 53.0 Å². The highest BCUT2D eigenvalue weighted by molar-refractivity contribution is 9.10. The van der Waals surface area contributed by atoms with E-state index in [1.165, 1.54) is 0 Å². The second kappa shape index (κ2) is 9.24. The van der Waals surface area contributed by atoms with Gasteiger partial charge in [-0.3, -0.25) is 9.59 Å². The summed E-state index contributed by atoms with van der Waals surface area (Å²) in [6.07, 6.45) is 0.947. The molecular formula is C22H25BrN2O3. The molecule has 6 heteroatoms. The number of benzene rings is 2. The summed E-state index contributed by atoms with van der Waals surface area (Å²) in [7, 11) is 0. The van der Waals surface area contributed by atoms with Gasteiger partial charge in [0.2, 0.25) is 11.8 Å². The van der Waals surface area contributed by atoms with E-state index in [1.807, 2.05) is 62.4 Å². The number of rotatable bonds is 6. The summed E-state index contributed by atoms with van der Waals surface area (Å²) < 4.78 is 6.62. The van der Waals surface area contributed by atoms with Crippen molar-refractivity contribution >= 4 is 27.7 Å². The Kier molecular flexibility index (Phi) is 6.73. The summed E-state index contributed by atoms with van der Waals surface area (Å²) in [5.41, 5.74) is 1.87. The summed E-state index contributed by atoms with van der Waals surface area (Å²) >= 11 is 3.48. The van der Waals surface area contributed by atoms with Gasteiger partial charge in [-0.15, -0.1) is 0 Å². The van der Waals surface area contributed by atoms with Crippen LogP contribution in [-0.4, -0.2) is 24.5 Å². The first-order chi connectivity index (χ1) is 13.4. The number of fused-ring (bicyclic) bond motifs is 1. The van der Waals surface area contributed by atoms with E-state index in [0.29, 0.717) is 13.0 Å². The molecule has 148 valence electrons. The van der Waals surface area contributed by atoms with Crippen molar-refractivity contribution in [3.8, 4) is 5.75 Å². The van der Waals surface area contributed by atoms with Gasteiger partial charge in [0, 0.05) is 16.5 Å². The van der Waals surface area contributed by atoms with E-state index in [9.17, 15) is 9.59 Å². The van der Waals surface area contributed by atoms with Gasteiger partial charge in [0.25, 0.3) is 0 Å². The van der Waals surface area contributed by atoms with Crippen LogP contribution in [0.5, 0.6) is 5.75 Å². The van der Waals surface area contributed by atoms with Crippen LogP contribution >= 0.6 is 15.9 Å². The molecule has 2 N–H and O–H groups in total. The number of carbonyl (C=O) groups is 2. The monoisotopic (exact) mass is 444 g/mol. The summed E-state index contributed by atoms with van der Waals surface area (Å²) in [4.78, 5) is 25.4. The predicted octanol–water partition coefficient (Wildman–Crippen LogP) is 3.77. The fourth-order valence-corrected chi connectivity index (χ4v) is 3.70. The summed E-state index contributed by atoms with van der Waals surface area (Å²) in [5, 5.41) is 6.00. The molecule has 1 heterocycles. The molecule has 0 saturated heterocycles. The molecule has 1 aliphatic rings. The van der Waals surface area contributed by atoms with Crippen molar-refractivity contribution in [3.63, 3.8) is 0 Å². The van der Waals surface area contributed by atoms with Crippen LogP contribution in [0.4, 0.5) is 0 Å². The zero-order chi connectivity index (χ0) is 20.1. The maximum absolute atomic E-state index is 13.0. The quantitative estimate of drug-likeness (QED) is 0.712. The Hall–Kier alpha value is -2.34. The Bertz CT molecular complexity index is 839. The van der Waals surface area contributed by atoms with Crippen LogP contribution in [0, 0.1) is 5.92 Å². The Balaban J connectivity index is 1.67. The summed E-state index contributed by atoms with van der Waals surface area (Å²) in [6.45, 7) is 4.41. The highest BCUT2D eigenvalue weighted by Crippen LogP contribution is 2.34. The number of carbonyl (C=O) groups excluding carboxylic acids is 2. The highest BCUT2D eigenvalue weighted by Gasteiger charge is 2.29. The molecule has 28 heavy (non-hydrogen) atoms. The van der Waals surface area contributed by atoms with E-state index in [1.54, 1.807) is 0 Å². The molecule has 2 unspecified atom stereocenters. The van der Waals surface area contributed by atoms with Crippen LogP contribution in [0.1, 0.15) is 37.4 Å². The van der Waals surface area contributed by atoms with Gasteiger partial charge in [0.15, 0.2) is 0 Å². The largest absolute Gasteiger partial charge is 0.493 e. The van der Waals surface area contributed by atoms with E-state index < -0.39 is 6.04 Å². The van der Waals surface area contributed by atoms with Crippen molar-refractivity contribution in [1.29, 1.82) is 0 Å². The molecule has 0 radical (unpaired) electrons. The summed E-state index contributed by atoms with van der Waals surface area (Å²) in [6, 6.07) is 14.6. The number of nitrogens with one attached hydrogen (secondary N) is 2. The topological polar surface area (TPSA) is 67.4 Å². The van der Waals surface area contributed by atoms with Gasteiger partial charge < -0.3 is 15.4 Å². The van der Waals surface area contributed by atoms with Gasteiger partial charge in [-0.2, -0.15) is 0 Å². The fraction of sp³-hybridized carbons (Fsp3) is 0.364. The van der Waals surface area contributed by atoms with Gasteiger partial charge in [0.05, 0.1) is 19.1 Å². The fourth-order valence-electron chi connectivity index (χ4n) is 3.32. The molecule has 2 aromatic carbocycles. The second-order valence-electron chi connectivity index (χ2n) is 7.33. The molecule has 0 bridgehead atoms. The standard InChI is InChI=1S/C22H25BrN2O3/c1-14(2)21(25-20(26)12-15-6-4-3-5-7-15)22(27)24-18-10-11-28-19-9-8-16(23)13-17(18)19/h3-9,13-14,18,21H,10-12H2,1-2H3,(H,24,27)(H,25,26). The van der Waals surface area contributed by atoms with Crippen LogP contribution in [-0.2, 0) is 16.0 Å². The number of amides is 2. The summed E-state index contributed by atoms with van der Waals surface area (Å²) in [5.74, 6) is 0.430. The Morgan fingerprint density at radius 1 is 1.18 bits per heavy atom. The predicted molar refractivity (Wildman–Crippen MR) is 112 cm³/mol. The molecule has 3 rings (SSSR count). The number of hydrogen-bond donors (Lipinski definition) is 2. The first-order valence-corrected chi connectivity index (χ1v) is 10.3. The van der Waals surface area contributed by atoms with Crippen molar-refractivity contribution in [1.82, 2.24) is 10.6 Å². The van der Waals surface area contributed by atoms with Crippen LogP contribution in [0.25, 0.3) is 0 Å². The minimum atomic E-state index is -0.588. The third-order valence-electron chi connectivity index (χ3n) is 4.80. The Morgan fingerprint density at radius 2 is 1.93 bits per heavy atom. The van der Waals surface area contributed by atoms with E-state index in [4.69, 9.17) is 4.74 Å². The molecule has 2 aromatic rings. The van der Waals surface area contributed by atoms with Crippen molar-refractivity contribution < 1.29 is 14.3 Å². The molecule has 0 fully saturated rings. The SMILES string of the molecule is CC(C)C(NC(=O)Cc1ccccc1)C(=O)NC1CCOc2ccc(Br)cc21. The molecule has 5 nitrogen and oxygen atoms in total. The first kappa shape index (κ1) is 20.4. The van der Waals surface area contributed by atoms with Crippen LogP contribution < -0.4 is 15.4 Å². The zero-order valence-electron chi connectivity index (χ0n) is 16.1. The zero-order valence-corrected chi connectivity index (χ0v) is 17.7. The lowest BCUT2D eigenvalue weighted by Crippen LogP contribution is -2.51. The van der Waals surface area contributed by atoms with Crippen LogP contribution in [0.3, 0.4) is 0 Å². The van der Waals surface area contributed by atoms with E-state index in [0.717, 1.165) is 21.3 Å². The minimum Gasteiger partial charge on any atom is -0.493 e.